The first-order valence-corrected chi connectivity index (χ1v) is 12.7. The molecule has 8 nitrogen and oxygen atoms in total. The van der Waals surface area contributed by atoms with Gasteiger partial charge in [-0.1, -0.05) is 74.0 Å². The highest BCUT2D eigenvalue weighted by atomic mass is 16.2. The van der Waals surface area contributed by atoms with Gasteiger partial charge in [-0.2, -0.15) is 15.2 Å². The molecule has 188 valence electrons. The van der Waals surface area contributed by atoms with Crippen molar-refractivity contribution >= 4 is 17.4 Å². The molecule has 6 rings (SSSR count). The number of aryl methyl sites for hydroxylation is 1. The van der Waals surface area contributed by atoms with Crippen LogP contribution in [0.5, 0.6) is 0 Å². The van der Waals surface area contributed by atoms with Gasteiger partial charge in [0, 0.05) is 17.5 Å². The summed E-state index contributed by atoms with van der Waals surface area (Å²) in [6.45, 7) is 2.09. The smallest absolute Gasteiger partial charge is 0.263 e. The first-order chi connectivity index (χ1) is 18.6. The minimum absolute atomic E-state index is 0.108. The Balaban J connectivity index is 1.52. The van der Waals surface area contributed by atoms with Crippen molar-refractivity contribution in [1.82, 2.24) is 24.6 Å². The maximum absolute atomic E-state index is 14.1. The fourth-order valence-electron chi connectivity index (χ4n) is 5.07. The van der Waals surface area contributed by atoms with E-state index in [0.717, 1.165) is 40.1 Å². The van der Waals surface area contributed by atoms with Gasteiger partial charge in [-0.15, -0.1) is 0 Å². The third-order valence-corrected chi connectivity index (χ3v) is 6.80. The van der Waals surface area contributed by atoms with Crippen LogP contribution in [0.15, 0.2) is 95.1 Å². The van der Waals surface area contributed by atoms with Crippen molar-refractivity contribution in [1.29, 1.82) is 0 Å². The second-order valence-electron chi connectivity index (χ2n) is 9.32. The number of aromatic nitrogens is 4. The molecule has 1 aliphatic heterocycles. The van der Waals surface area contributed by atoms with Crippen molar-refractivity contribution in [3.8, 4) is 16.8 Å². The van der Waals surface area contributed by atoms with E-state index in [-0.39, 0.29) is 17.9 Å². The molecule has 0 bridgehead atoms. The molecule has 0 fully saturated rings. The molecule has 8 heteroatoms. The lowest BCUT2D eigenvalue weighted by Gasteiger charge is -2.16. The molecule has 0 aliphatic carbocycles. The number of nitrogens with zero attached hydrogens (tertiary/aromatic N) is 5. The van der Waals surface area contributed by atoms with E-state index in [0.29, 0.717) is 29.9 Å². The van der Waals surface area contributed by atoms with Gasteiger partial charge >= 0.3 is 0 Å². The molecule has 0 spiro atoms. The van der Waals surface area contributed by atoms with Gasteiger partial charge in [-0.3, -0.25) is 9.59 Å². The van der Waals surface area contributed by atoms with Crippen molar-refractivity contribution < 1.29 is 4.79 Å². The molecule has 3 heterocycles. The fourth-order valence-corrected chi connectivity index (χ4v) is 5.07. The molecule has 1 N–H and O–H groups in total. The Morgan fingerprint density at radius 2 is 1.68 bits per heavy atom. The summed E-state index contributed by atoms with van der Waals surface area (Å²) in [5, 5.41) is 8.79. The molecule has 0 saturated carbocycles. The SMILES string of the molecule is CCCc1c(Cc2ccc(-c3ccccc3)c(C3=NNC(=O)C3)c2)c(=O)n(-c2ccccc2)c2ncnn12. The quantitative estimate of drug-likeness (QED) is 0.359. The highest BCUT2D eigenvalue weighted by Gasteiger charge is 2.23. The summed E-state index contributed by atoms with van der Waals surface area (Å²) in [6.07, 6.45) is 3.68. The lowest BCUT2D eigenvalue weighted by molar-refractivity contribution is -0.119. The van der Waals surface area contributed by atoms with Gasteiger partial charge in [0.1, 0.15) is 6.33 Å². The summed E-state index contributed by atoms with van der Waals surface area (Å²) >= 11 is 0. The van der Waals surface area contributed by atoms with Gasteiger partial charge in [0.15, 0.2) is 0 Å². The van der Waals surface area contributed by atoms with Gasteiger partial charge in [-0.25, -0.2) is 14.5 Å². The molecule has 1 amide bonds. The van der Waals surface area contributed by atoms with Gasteiger partial charge in [0.25, 0.3) is 5.56 Å². The number of benzene rings is 3. The fraction of sp³-hybridized carbons (Fsp3) is 0.167. The van der Waals surface area contributed by atoms with Crippen molar-refractivity contribution in [3.63, 3.8) is 0 Å². The summed E-state index contributed by atoms with van der Waals surface area (Å²) < 4.78 is 3.42. The number of fused-ring (bicyclic) bond motifs is 1. The zero-order valence-corrected chi connectivity index (χ0v) is 21.0. The molecule has 2 aromatic heterocycles. The summed E-state index contributed by atoms with van der Waals surface area (Å²) in [6, 6.07) is 25.7. The van der Waals surface area contributed by atoms with E-state index in [4.69, 9.17) is 0 Å². The first-order valence-electron chi connectivity index (χ1n) is 12.7. The number of carbonyl (C=O) groups is 1. The highest BCUT2D eigenvalue weighted by Crippen LogP contribution is 2.28. The van der Waals surface area contributed by atoms with Gasteiger partial charge < -0.3 is 0 Å². The van der Waals surface area contributed by atoms with Crippen LogP contribution in [-0.4, -0.2) is 30.8 Å². The van der Waals surface area contributed by atoms with Crippen LogP contribution in [0.3, 0.4) is 0 Å². The maximum Gasteiger partial charge on any atom is 0.263 e. The Morgan fingerprint density at radius 3 is 2.39 bits per heavy atom. The lowest BCUT2D eigenvalue weighted by Crippen LogP contribution is -2.28. The molecule has 0 radical (unpaired) electrons. The Kier molecular flexibility index (Phi) is 6.13. The van der Waals surface area contributed by atoms with E-state index in [9.17, 15) is 9.59 Å². The average Bonchev–Trinajstić information content (AvgIpc) is 3.61. The molecule has 0 unspecified atom stereocenters. The third kappa shape index (κ3) is 4.20. The number of hydrazone groups is 1. The van der Waals surface area contributed by atoms with Gasteiger partial charge in [0.05, 0.1) is 23.5 Å². The first kappa shape index (κ1) is 23.5. The monoisotopic (exact) mass is 502 g/mol. The molecule has 3 aromatic carbocycles. The Bertz CT molecular complexity index is 1740. The van der Waals surface area contributed by atoms with E-state index in [1.54, 1.807) is 9.08 Å². The highest BCUT2D eigenvalue weighted by molar-refractivity contribution is 6.16. The van der Waals surface area contributed by atoms with Crippen LogP contribution in [0.4, 0.5) is 0 Å². The predicted molar refractivity (Wildman–Crippen MR) is 147 cm³/mol. The molecule has 0 saturated heterocycles. The number of amides is 1. The second-order valence-corrected chi connectivity index (χ2v) is 9.32. The molecular weight excluding hydrogens is 476 g/mol. The van der Waals surface area contributed by atoms with Gasteiger partial charge in [-0.05, 0) is 41.3 Å². The van der Waals surface area contributed by atoms with E-state index < -0.39 is 0 Å². The van der Waals surface area contributed by atoms with Crippen molar-refractivity contribution in [2.45, 2.75) is 32.6 Å². The molecule has 5 aromatic rings. The van der Waals surface area contributed by atoms with Crippen molar-refractivity contribution in [3.05, 3.63) is 118 Å². The minimum atomic E-state index is -0.128. The van der Waals surface area contributed by atoms with Crippen molar-refractivity contribution in [2.75, 3.05) is 0 Å². The standard InChI is InChI=1S/C30H26N6O2/c1-2-9-27-25(29(38)35(22-12-7-4-8-13-22)30-31-19-32-36(27)30)17-20-14-15-23(21-10-5-3-6-11-21)24(16-20)26-18-28(37)34-33-26/h3-8,10-16,19H,2,9,17-18H2,1H3,(H,34,37). The second kappa shape index (κ2) is 9.89. The van der Waals surface area contributed by atoms with E-state index in [2.05, 4.69) is 39.7 Å². The minimum Gasteiger partial charge on any atom is -0.273 e. The summed E-state index contributed by atoms with van der Waals surface area (Å²) in [5.74, 6) is 0.371. The summed E-state index contributed by atoms with van der Waals surface area (Å²) in [4.78, 5) is 30.5. The van der Waals surface area contributed by atoms with E-state index in [1.807, 2.05) is 66.7 Å². The van der Waals surface area contributed by atoms with Crippen LogP contribution in [0.1, 0.15) is 42.1 Å². The predicted octanol–water partition coefficient (Wildman–Crippen LogP) is 4.31. The topological polar surface area (TPSA) is 93.6 Å². The van der Waals surface area contributed by atoms with Crippen LogP contribution in [-0.2, 0) is 17.6 Å². The van der Waals surface area contributed by atoms with E-state index >= 15 is 0 Å². The molecule has 38 heavy (non-hydrogen) atoms. The number of para-hydroxylation sites is 1. The Morgan fingerprint density at radius 1 is 0.921 bits per heavy atom. The Labute approximate surface area is 219 Å². The number of nitrogens with one attached hydrogen (secondary N) is 1. The van der Waals surface area contributed by atoms with Crippen LogP contribution in [0.2, 0.25) is 0 Å². The number of hydrogen-bond donors (Lipinski definition) is 1. The zero-order valence-electron chi connectivity index (χ0n) is 21.0. The molecular formula is C30H26N6O2. The number of carbonyl (C=O) groups excluding carboxylic acids is 1. The zero-order chi connectivity index (χ0) is 26.1. The van der Waals surface area contributed by atoms with Crippen LogP contribution in [0.25, 0.3) is 22.6 Å². The molecule has 1 aliphatic rings. The maximum atomic E-state index is 14.1. The lowest BCUT2D eigenvalue weighted by atomic mass is 9.91. The summed E-state index contributed by atoms with van der Waals surface area (Å²) in [7, 11) is 0. The van der Waals surface area contributed by atoms with Crippen molar-refractivity contribution in [2.24, 2.45) is 5.10 Å². The largest absolute Gasteiger partial charge is 0.273 e. The average molecular weight is 503 g/mol. The third-order valence-electron chi connectivity index (χ3n) is 6.80. The number of hydrogen-bond acceptors (Lipinski definition) is 5. The normalized spacial score (nSPS) is 13.1. The van der Waals surface area contributed by atoms with Crippen LogP contribution < -0.4 is 11.0 Å². The van der Waals surface area contributed by atoms with Crippen LogP contribution >= 0.6 is 0 Å². The van der Waals surface area contributed by atoms with Gasteiger partial charge in [0.2, 0.25) is 11.7 Å². The summed E-state index contributed by atoms with van der Waals surface area (Å²) in [5.41, 5.74) is 9.30. The number of rotatable bonds is 7. The molecule has 0 atom stereocenters. The Hall–Kier alpha value is -4.85. The van der Waals surface area contributed by atoms with E-state index in [1.165, 1.54) is 6.33 Å². The van der Waals surface area contributed by atoms with Crippen LogP contribution in [0, 0.1) is 0 Å².